The standard InChI is InChI=1S/C17H19BrClN/c1-4-20(16-7-5-6-15(19)11-16)13(3)14-9-8-12(2)17(18)10-14/h5-11,13H,4H2,1-3H3. The zero-order chi connectivity index (χ0) is 14.7. The Morgan fingerprint density at radius 1 is 1.20 bits per heavy atom. The van der Waals surface area contributed by atoms with Gasteiger partial charge in [-0.1, -0.05) is 45.7 Å². The summed E-state index contributed by atoms with van der Waals surface area (Å²) in [6.07, 6.45) is 0. The Hall–Kier alpha value is -0.990. The molecule has 0 radical (unpaired) electrons. The minimum Gasteiger partial charge on any atom is -0.365 e. The van der Waals surface area contributed by atoms with E-state index >= 15 is 0 Å². The second-order valence-corrected chi connectivity index (χ2v) is 6.24. The summed E-state index contributed by atoms with van der Waals surface area (Å²) in [5.41, 5.74) is 3.71. The summed E-state index contributed by atoms with van der Waals surface area (Å²) >= 11 is 9.72. The summed E-state index contributed by atoms with van der Waals surface area (Å²) < 4.78 is 1.16. The molecule has 0 saturated heterocycles. The summed E-state index contributed by atoms with van der Waals surface area (Å²) in [4.78, 5) is 2.35. The molecule has 106 valence electrons. The van der Waals surface area contributed by atoms with Crippen molar-refractivity contribution in [3.05, 3.63) is 63.1 Å². The molecule has 2 aromatic carbocycles. The highest BCUT2D eigenvalue weighted by Crippen LogP contribution is 2.30. The molecule has 0 aliphatic carbocycles. The zero-order valence-corrected chi connectivity index (χ0v) is 14.4. The van der Waals surface area contributed by atoms with Crippen molar-refractivity contribution in [3.63, 3.8) is 0 Å². The van der Waals surface area contributed by atoms with Gasteiger partial charge in [-0.05, 0) is 56.2 Å². The summed E-state index contributed by atoms with van der Waals surface area (Å²) in [7, 11) is 0. The molecular weight excluding hydrogens is 334 g/mol. The number of nitrogens with zero attached hydrogens (tertiary/aromatic N) is 1. The van der Waals surface area contributed by atoms with E-state index in [4.69, 9.17) is 11.6 Å². The number of aryl methyl sites for hydroxylation is 1. The molecule has 0 aliphatic heterocycles. The second kappa shape index (κ2) is 6.64. The molecule has 3 heteroatoms. The number of halogens is 2. The highest BCUT2D eigenvalue weighted by Gasteiger charge is 2.15. The molecule has 2 aromatic rings. The van der Waals surface area contributed by atoms with E-state index < -0.39 is 0 Å². The maximum Gasteiger partial charge on any atom is 0.0514 e. The van der Waals surface area contributed by atoms with E-state index in [9.17, 15) is 0 Å². The van der Waals surface area contributed by atoms with Gasteiger partial charge in [-0.15, -0.1) is 0 Å². The maximum absolute atomic E-state index is 6.11. The second-order valence-electron chi connectivity index (χ2n) is 4.95. The van der Waals surface area contributed by atoms with Crippen LogP contribution in [0.4, 0.5) is 5.69 Å². The normalized spacial score (nSPS) is 12.2. The molecule has 0 spiro atoms. The highest BCUT2D eigenvalue weighted by atomic mass is 79.9. The maximum atomic E-state index is 6.11. The van der Waals surface area contributed by atoms with Crippen molar-refractivity contribution in [1.29, 1.82) is 0 Å². The van der Waals surface area contributed by atoms with Crippen molar-refractivity contribution in [2.24, 2.45) is 0 Å². The molecule has 1 atom stereocenters. The first-order valence-electron chi connectivity index (χ1n) is 6.81. The first kappa shape index (κ1) is 15.4. The number of benzene rings is 2. The Morgan fingerprint density at radius 3 is 2.55 bits per heavy atom. The Kier molecular flexibility index (Phi) is 5.11. The van der Waals surface area contributed by atoms with Crippen molar-refractivity contribution in [1.82, 2.24) is 0 Å². The molecule has 0 amide bonds. The van der Waals surface area contributed by atoms with E-state index in [1.807, 2.05) is 18.2 Å². The van der Waals surface area contributed by atoms with E-state index in [-0.39, 0.29) is 0 Å². The third-order valence-electron chi connectivity index (χ3n) is 3.63. The molecule has 1 unspecified atom stereocenters. The molecule has 0 aliphatic rings. The zero-order valence-electron chi connectivity index (χ0n) is 12.0. The van der Waals surface area contributed by atoms with Gasteiger partial charge in [0.2, 0.25) is 0 Å². The Balaban J connectivity index is 2.33. The smallest absolute Gasteiger partial charge is 0.0514 e. The third-order valence-corrected chi connectivity index (χ3v) is 4.72. The summed E-state index contributed by atoms with van der Waals surface area (Å²) in [5.74, 6) is 0. The lowest BCUT2D eigenvalue weighted by molar-refractivity contribution is 0.689. The van der Waals surface area contributed by atoms with E-state index in [0.29, 0.717) is 6.04 Å². The van der Waals surface area contributed by atoms with Gasteiger partial charge in [-0.2, -0.15) is 0 Å². The van der Waals surface area contributed by atoms with Crippen LogP contribution >= 0.6 is 27.5 Å². The first-order valence-corrected chi connectivity index (χ1v) is 7.98. The molecule has 0 N–H and O–H groups in total. The monoisotopic (exact) mass is 351 g/mol. The molecule has 0 heterocycles. The number of rotatable bonds is 4. The van der Waals surface area contributed by atoms with Crippen molar-refractivity contribution in [3.8, 4) is 0 Å². The predicted molar refractivity (Wildman–Crippen MR) is 91.8 cm³/mol. The summed E-state index contributed by atoms with van der Waals surface area (Å²) in [6, 6.07) is 14.9. The van der Waals surface area contributed by atoms with Gasteiger partial charge in [0.1, 0.15) is 0 Å². The van der Waals surface area contributed by atoms with Gasteiger partial charge in [0, 0.05) is 21.7 Å². The molecule has 0 bridgehead atoms. The fourth-order valence-electron chi connectivity index (χ4n) is 2.38. The highest BCUT2D eigenvalue weighted by molar-refractivity contribution is 9.10. The van der Waals surface area contributed by atoms with E-state index in [2.05, 4.69) is 65.9 Å². The van der Waals surface area contributed by atoms with Gasteiger partial charge in [-0.25, -0.2) is 0 Å². The molecule has 2 rings (SSSR count). The van der Waals surface area contributed by atoms with Crippen LogP contribution in [0.3, 0.4) is 0 Å². The summed E-state index contributed by atoms with van der Waals surface area (Å²) in [6.45, 7) is 7.43. The van der Waals surface area contributed by atoms with E-state index in [0.717, 1.165) is 21.7 Å². The van der Waals surface area contributed by atoms with Crippen LogP contribution in [-0.2, 0) is 0 Å². The average molecular weight is 353 g/mol. The minimum atomic E-state index is 0.301. The van der Waals surface area contributed by atoms with Gasteiger partial charge in [0.05, 0.1) is 6.04 Å². The first-order chi connectivity index (χ1) is 9.52. The number of anilines is 1. The molecule has 0 aromatic heterocycles. The van der Waals surface area contributed by atoms with Gasteiger partial charge in [0.15, 0.2) is 0 Å². The Morgan fingerprint density at radius 2 is 1.95 bits per heavy atom. The van der Waals surface area contributed by atoms with Gasteiger partial charge < -0.3 is 4.90 Å². The van der Waals surface area contributed by atoms with Crippen LogP contribution in [-0.4, -0.2) is 6.54 Å². The quantitative estimate of drug-likeness (QED) is 0.652. The number of hydrogen-bond acceptors (Lipinski definition) is 1. The number of hydrogen-bond donors (Lipinski definition) is 0. The minimum absolute atomic E-state index is 0.301. The van der Waals surface area contributed by atoms with Crippen LogP contribution in [0, 0.1) is 6.92 Å². The lowest BCUT2D eigenvalue weighted by Gasteiger charge is -2.31. The van der Waals surface area contributed by atoms with Gasteiger partial charge >= 0.3 is 0 Å². The van der Waals surface area contributed by atoms with Crippen LogP contribution in [0.2, 0.25) is 5.02 Å². The summed E-state index contributed by atoms with van der Waals surface area (Å²) in [5, 5.41) is 0.776. The van der Waals surface area contributed by atoms with Crippen molar-refractivity contribution in [2.45, 2.75) is 26.8 Å². The molecule has 20 heavy (non-hydrogen) atoms. The van der Waals surface area contributed by atoms with Crippen molar-refractivity contribution < 1.29 is 0 Å². The predicted octanol–water partition coefficient (Wildman–Crippen LogP) is 6.00. The topological polar surface area (TPSA) is 3.24 Å². The van der Waals surface area contributed by atoms with Gasteiger partial charge in [-0.3, -0.25) is 0 Å². The SMILES string of the molecule is CCN(c1cccc(Cl)c1)C(C)c1ccc(C)c(Br)c1. The average Bonchev–Trinajstić information content (AvgIpc) is 2.42. The van der Waals surface area contributed by atoms with Crippen LogP contribution in [0.25, 0.3) is 0 Å². The third kappa shape index (κ3) is 3.36. The van der Waals surface area contributed by atoms with Crippen LogP contribution in [0.5, 0.6) is 0 Å². The van der Waals surface area contributed by atoms with Crippen LogP contribution in [0.15, 0.2) is 46.9 Å². The largest absolute Gasteiger partial charge is 0.365 e. The van der Waals surface area contributed by atoms with Crippen LogP contribution < -0.4 is 4.90 Å². The van der Waals surface area contributed by atoms with E-state index in [1.54, 1.807) is 0 Å². The Bertz CT molecular complexity index is 597. The molecular formula is C17H19BrClN. The van der Waals surface area contributed by atoms with Crippen LogP contribution in [0.1, 0.15) is 31.0 Å². The van der Waals surface area contributed by atoms with E-state index in [1.165, 1.54) is 11.1 Å². The molecule has 1 nitrogen and oxygen atoms in total. The molecule has 0 fully saturated rings. The van der Waals surface area contributed by atoms with Crippen molar-refractivity contribution in [2.75, 3.05) is 11.4 Å². The fraction of sp³-hybridized carbons (Fsp3) is 0.294. The molecule has 0 saturated carbocycles. The fourth-order valence-corrected chi connectivity index (χ4v) is 2.96. The Labute approximate surface area is 134 Å². The van der Waals surface area contributed by atoms with Crippen molar-refractivity contribution >= 4 is 33.2 Å². The lowest BCUT2D eigenvalue weighted by Crippen LogP contribution is -2.26. The lowest BCUT2D eigenvalue weighted by atomic mass is 10.0. The van der Waals surface area contributed by atoms with Gasteiger partial charge in [0.25, 0.3) is 0 Å².